The number of hydrogen-bond donors (Lipinski definition) is 3. The predicted octanol–water partition coefficient (Wildman–Crippen LogP) is 4.00. The zero-order valence-corrected chi connectivity index (χ0v) is 19.1. The average Bonchev–Trinajstić information content (AvgIpc) is 3.51. The van der Waals surface area contributed by atoms with Gasteiger partial charge in [0.2, 0.25) is 0 Å². The number of anilines is 1. The Morgan fingerprint density at radius 1 is 0.941 bits per heavy atom. The Morgan fingerprint density at radius 3 is 2.71 bits per heavy atom. The lowest BCUT2D eigenvalue weighted by Gasteiger charge is -2.05. The molecular formula is C24H23FN8S. The van der Waals surface area contributed by atoms with Crippen molar-refractivity contribution in [3.63, 3.8) is 0 Å². The highest BCUT2D eigenvalue weighted by Crippen LogP contribution is 2.25. The molecular weight excluding hydrogens is 451 g/mol. The van der Waals surface area contributed by atoms with Crippen molar-refractivity contribution in [3.05, 3.63) is 83.5 Å². The second-order valence-electron chi connectivity index (χ2n) is 7.63. The number of aromatic amines is 1. The molecule has 0 atom stereocenters. The summed E-state index contributed by atoms with van der Waals surface area (Å²) < 4.78 is 13.8. The van der Waals surface area contributed by atoms with Crippen LogP contribution >= 0.6 is 11.3 Å². The number of hydrogen-bond acceptors (Lipinski definition) is 8. The van der Waals surface area contributed by atoms with Gasteiger partial charge in [0.15, 0.2) is 5.82 Å². The number of benzene rings is 1. The van der Waals surface area contributed by atoms with Crippen LogP contribution in [0, 0.1) is 5.82 Å². The van der Waals surface area contributed by atoms with E-state index in [0.29, 0.717) is 17.0 Å². The van der Waals surface area contributed by atoms with Crippen molar-refractivity contribution < 1.29 is 4.39 Å². The molecule has 5 rings (SSSR count). The predicted molar refractivity (Wildman–Crippen MR) is 131 cm³/mol. The fraction of sp³-hybridized carbons (Fsp3) is 0.208. The van der Waals surface area contributed by atoms with Crippen LogP contribution < -0.4 is 10.6 Å². The van der Waals surface area contributed by atoms with Crippen LogP contribution in [0.4, 0.5) is 10.2 Å². The van der Waals surface area contributed by atoms with Crippen LogP contribution in [0.5, 0.6) is 0 Å². The second kappa shape index (κ2) is 10.4. The summed E-state index contributed by atoms with van der Waals surface area (Å²) in [6.07, 6.45) is 6.53. The summed E-state index contributed by atoms with van der Waals surface area (Å²) >= 11 is 1.54. The maximum atomic E-state index is 13.8. The van der Waals surface area contributed by atoms with Crippen LogP contribution in [0.2, 0.25) is 0 Å². The first-order valence-electron chi connectivity index (χ1n) is 11.0. The quantitative estimate of drug-likeness (QED) is 0.263. The highest BCUT2D eigenvalue weighted by atomic mass is 32.1. The van der Waals surface area contributed by atoms with E-state index in [-0.39, 0.29) is 12.4 Å². The van der Waals surface area contributed by atoms with Gasteiger partial charge in [-0.25, -0.2) is 24.3 Å². The van der Waals surface area contributed by atoms with E-state index in [9.17, 15) is 4.39 Å². The summed E-state index contributed by atoms with van der Waals surface area (Å²) in [6, 6.07) is 13.1. The molecule has 0 saturated heterocycles. The molecule has 0 aliphatic heterocycles. The van der Waals surface area contributed by atoms with Crippen LogP contribution in [0.25, 0.3) is 21.6 Å². The molecule has 4 heterocycles. The van der Waals surface area contributed by atoms with Crippen molar-refractivity contribution in [3.8, 4) is 11.3 Å². The topological polar surface area (TPSA) is 104 Å². The number of rotatable bonds is 10. The van der Waals surface area contributed by atoms with Gasteiger partial charge in [-0.05, 0) is 17.7 Å². The Kier molecular flexibility index (Phi) is 6.78. The van der Waals surface area contributed by atoms with Gasteiger partial charge in [-0.15, -0.1) is 0 Å². The number of nitrogens with zero attached hydrogens (tertiary/aromatic N) is 5. The molecule has 1 aromatic carbocycles. The van der Waals surface area contributed by atoms with Crippen molar-refractivity contribution in [2.24, 2.45) is 0 Å². The van der Waals surface area contributed by atoms with Crippen molar-refractivity contribution in [1.29, 1.82) is 0 Å². The van der Waals surface area contributed by atoms with E-state index in [4.69, 9.17) is 4.98 Å². The van der Waals surface area contributed by atoms with Crippen LogP contribution in [-0.2, 0) is 19.4 Å². The number of pyridine rings is 1. The van der Waals surface area contributed by atoms with Crippen LogP contribution in [-0.4, -0.2) is 43.0 Å². The van der Waals surface area contributed by atoms with Gasteiger partial charge in [-0.3, -0.25) is 4.98 Å². The molecule has 0 spiro atoms. The van der Waals surface area contributed by atoms with E-state index in [1.807, 2.05) is 24.4 Å². The third-order valence-electron chi connectivity index (χ3n) is 5.27. The zero-order chi connectivity index (χ0) is 23.2. The standard InChI is InChI=1S/C24H23FN8S/c25-17-7-4-10-27-19(17)14-29-23-22-24(31-15-30-23)34-21(33-22)9-12-26-11-8-20-28-13-18(32-20)16-5-2-1-3-6-16/h1-7,10,13,15,26H,8-9,11-12,14H2,(H,28,32)(H,29,30,31). The fourth-order valence-electron chi connectivity index (χ4n) is 3.53. The lowest BCUT2D eigenvalue weighted by atomic mass is 10.2. The zero-order valence-electron chi connectivity index (χ0n) is 18.3. The van der Waals surface area contributed by atoms with Gasteiger partial charge in [0.1, 0.15) is 28.3 Å². The molecule has 10 heteroatoms. The Morgan fingerprint density at radius 2 is 1.82 bits per heavy atom. The number of aromatic nitrogens is 6. The number of H-pyrrole nitrogens is 1. The molecule has 8 nitrogen and oxygen atoms in total. The number of nitrogens with one attached hydrogen (secondary N) is 3. The lowest BCUT2D eigenvalue weighted by Crippen LogP contribution is -2.20. The molecule has 0 bridgehead atoms. The van der Waals surface area contributed by atoms with Crippen molar-refractivity contribution in [1.82, 2.24) is 35.2 Å². The summed E-state index contributed by atoms with van der Waals surface area (Å²) in [5.74, 6) is 1.19. The third kappa shape index (κ3) is 5.24. The van der Waals surface area contributed by atoms with E-state index < -0.39 is 0 Å². The van der Waals surface area contributed by atoms with E-state index in [1.165, 1.54) is 12.4 Å². The molecule has 0 saturated carbocycles. The highest BCUT2D eigenvalue weighted by Gasteiger charge is 2.12. The second-order valence-corrected chi connectivity index (χ2v) is 8.69. The number of halogens is 1. The Labute approximate surface area is 199 Å². The Balaban J connectivity index is 1.12. The molecule has 3 N–H and O–H groups in total. The SMILES string of the molecule is Fc1cccnc1CNc1ncnc2sc(CCNCCc3ncc(-c4ccccc4)[nH]3)nc12. The molecule has 0 amide bonds. The maximum Gasteiger partial charge on any atom is 0.157 e. The summed E-state index contributed by atoms with van der Waals surface area (Å²) in [5.41, 5.74) is 3.19. The molecule has 5 aromatic rings. The molecule has 0 fully saturated rings. The average molecular weight is 475 g/mol. The smallest absolute Gasteiger partial charge is 0.157 e. The summed E-state index contributed by atoms with van der Waals surface area (Å²) in [5, 5.41) is 7.55. The normalized spacial score (nSPS) is 11.2. The first-order valence-corrected chi connectivity index (χ1v) is 11.8. The molecule has 0 aliphatic carbocycles. The maximum absolute atomic E-state index is 13.8. The van der Waals surface area contributed by atoms with Crippen LogP contribution in [0.3, 0.4) is 0 Å². The highest BCUT2D eigenvalue weighted by molar-refractivity contribution is 7.18. The van der Waals surface area contributed by atoms with Crippen LogP contribution in [0.1, 0.15) is 16.5 Å². The fourth-order valence-corrected chi connectivity index (χ4v) is 4.43. The molecule has 4 aromatic heterocycles. The monoisotopic (exact) mass is 474 g/mol. The largest absolute Gasteiger partial charge is 0.362 e. The molecule has 0 unspecified atom stereocenters. The summed E-state index contributed by atoms with van der Waals surface area (Å²) in [6.45, 7) is 1.84. The first-order chi connectivity index (χ1) is 16.8. The molecule has 0 aliphatic rings. The third-order valence-corrected chi connectivity index (χ3v) is 6.29. The van der Waals surface area contributed by atoms with Gasteiger partial charge in [-0.1, -0.05) is 41.7 Å². The van der Waals surface area contributed by atoms with Gasteiger partial charge >= 0.3 is 0 Å². The van der Waals surface area contributed by atoms with Gasteiger partial charge in [0.25, 0.3) is 0 Å². The minimum absolute atomic E-state index is 0.228. The summed E-state index contributed by atoms with van der Waals surface area (Å²) in [4.78, 5) is 26.0. The Hall–Kier alpha value is -3.76. The van der Waals surface area contributed by atoms with Crippen LogP contribution in [0.15, 0.2) is 61.2 Å². The van der Waals surface area contributed by atoms with E-state index in [0.717, 1.165) is 52.9 Å². The van der Waals surface area contributed by atoms with Gasteiger partial charge in [0, 0.05) is 32.1 Å². The molecule has 0 radical (unpaired) electrons. The minimum atomic E-state index is -0.351. The Bertz CT molecular complexity index is 1370. The van der Waals surface area contributed by atoms with Gasteiger partial charge < -0.3 is 15.6 Å². The van der Waals surface area contributed by atoms with Crippen molar-refractivity contribution in [2.75, 3.05) is 18.4 Å². The number of fused-ring (bicyclic) bond motifs is 1. The molecule has 34 heavy (non-hydrogen) atoms. The van der Waals surface area contributed by atoms with E-state index in [1.54, 1.807) is 23.6 Å². The van der Waals surface area contributed by atoms with E-state index >= 15 is 0 Å². The number of imidazole rings is 1. The summed E-state index contributed by atoms with van der Waals surface area (Å²) in [7, 11) is 0. The van der Waals surface area contributed by atoms with E-state index in [2.05, 4.69) is 47.7 Å². The van der Waals surface area contributed by atoms with Crippen molar-refractivity contribution in [2.45, 2.75) is 19.4 Å². The minimum Gasteiger partial charge on any atom is -0.362 e. The number of thiazole rings is 1. The first kappa shape index (κ1) is 22.1. The van der Waals surface area contributed by atoms with Gasteiger partial charge in [0.05, 0.1) is 29.1 Å². The molecule has 172 valence electrons. The lowest BCUT2D eigenvalue weighted by molar-refractivity contribution is 0.602. The van der Waals surface area contributed by atoms with Gasteiger partial charge in [-0.2, -0.15) is 0 Å². The van der Waals surface area contributed by atoms with Crippen molar-refractivity contribution >= 4 is 27.5 Å².